The van der Waals surface area contributed by atoms with E-state index < -0.39 is 29.1 Å². The van der Waals surface area contributed by atoms with Crippen molar-refractivity contribution in [3.05, 3.63) is 71.0 Å². The minimum absolute atomic E-state index is 0.126. The molecule has 1 saturated heterocycles. The van der Waals surface area contributed by atoms with Crippen molar-refractivity contribution in [3.63, 3.8) is 0 Å². The average molecular weight is 420 g/mol. The Balaban J connectivity index is 1.61. The summed E-state index contributed by atoms with van der Waals surface area (Å²) in [5.41, 5.74) is -0.300. The molecule has 6 nitrogen and oxygen atoms in total. The van der Waals surface area contributed by atoms with Gasteiger partial charge in [-0.2, -0.15) is 0 Å². The summed E-state index contributed by atoms with van der Waals surface area (Å²) in [6.45, 7) is 1.09. The summed E-state index contributed by atoms with van der Waals surface area (Å²) in [5.74, 6) is -2.26. The predicted molar refractivity (Wildman–Crippen MR) is 105 cm³/mol. The lowest BCUT2D eigenvalue weighted by Gasteiger charge is -2.37. The van der Waals surface area contributed by atoms with Crippen molar-refractivity contribution in [2.24, 2.45) is 0 Å². The smallest absolute Gasteiger partial charge is 0.315 e. The topological polar surface area (TPSA) is 82.3 Å². The number of nitrogens with one attached hydrogen (secondary N) is 4. The average Bonchev–Trinajstić information content (AvgIpc) is 2.73. The Kier molecular flexibility index (Phi) is 6.94. The largest absolute Gasteiger partial charge is 0.350 e. The maximum absolute atomic E-state index is 13.8. The molecule has 0 spiro atoms. The molecule has 0 atom stereocenters. The molecule has 1 fully saturated rings. The van der Waals surface area contributed by atoms with Crippen molar-refractivity contribution >= 4 is 11.9 Å². The van der Waals surface area contributed by atoms with Gasteiger partial charge in [0.25, 0.3) is 0 Å². The van der Waals surface area contributed by atoms with E-state index in [0.29, 0.717) is 31.5 Å². The van der Waals surface area contributed by atoms with Crippen LogP contribution < -0.4 is 21.3 Å². The van der Waals surface area contributed by atoms with Gasteiger partial charge in [0.05, 0.1) is 0 Å². The predicted octanol–water partition coefficient (Wildman–Crippen LogP) is 2.34. The van der Waals surface area contributed by atoms with E-state index in [1.807, 2.05) is 0 Å². The van der Waals surface area contributed by atoms with Gasteiger partial charge >= 0.3 is 6.03 Å². The van der Waals surface area contributed by atoms with Crippen LogP contribution in [0.1, 0.15) is 24.0 Å². The van der Waals surface area contributed by atoms with E-state index in [4.69, 9.17) is 0 Å². The number of urea groups is 1. The monoisotopic (exact) mass is 420 g/mol. The molecule has 0 aromatic heterocycles. The molecule has 0 bridgehead atoms. The van der Waals surface area contributed by atoms with E-state index in [9.17, 15) is 22.8 Å². The van der Waals surface area contributed by atoms with Gasteiger partial charge in [0.1, 0.15) is 23.0 Å². The van der Waals surface area contributed by atoms with Crippen LogP contribution in [-0.2, 0) is 17.9 Å². The van der Waals surface area contributed by atoms with Gasteiger partial charge in [-0.25, -0.2) is 18.0 Å². The van der Waals surface area contributed by atoms with Gasteiger partial charge in [0.15, 0.2) is 0 Å². The Bertz CT molecular complexity index is 900. The lowest BCUT2D eigenvalue weighted by Crippen LogP contribution is -2.64. The quantitative estimate of drug-likeness (QED) is 0.579. The summed E-state index contributed by atoms with van der Waals surface area (Å²) < 4.78 is 39.9. The van der Waals surface area contributed by atoms with Crippen LogP contribution in [0.15, 0.2) is 42.5 Å². The third-order valence-electron chi connectivity index (χ3n) is 5.07. The third-order valence-corrected chi connectivity index (χ3v) is 5.07. The molecule has 0 radical (unpaired) electrons. The fourth-order valence-electron chi connectivity index (χ4n) is 3.32. The molecular formula is C21H23F3N4O2. The molecular weight excluding hydrogens is 397 g/mol. The minimum atomic E-state index is -1.16. The van der Waals surface area contributed by atoms with Crippen LogP contribution in [0.3, 0.4) is 0 Å². The first-order chi connectivity index (χ1) is 14.4. The number of halogens is 3. The molecule has 160 valence electrons. The highest BCUT2D eigenvalue weighted by Crippen LogP contribution is 2.19. The number of benzene rings is 2. The van der Waals surface area contributed by atoms with Gasteiger partial charge in [-0.05, 0) is 49.7 Å². The van der Waals surface area contributed by atoms with Gasteiger partial charge in [-0.15, -0.1) is 0 Å². The molecule has 0 unspecified atom stereocenters. The molecule has 30 heavy (non-hydrogen) atoms. The van der Waals surface area contributed by atoms with Crippen LogP contribution >= 0.6 is 0 Å². The number of amides is 3. The van der Waals surface area contributed by atoms with Crippen LogP contribution in [-0.4, -0.2) is 30.6 Å². The molecule has 2 aromatic carbocycles. The van der Waals surface area contributed by atoms with Crippen molar-refractivity contribution in [3.8, 4) is 0 Å². The minimum Gasteiger partial charge on any atom is -0.350 e. The summed E-state index contributed by atoms with van der Waals surface area (Å²) in [6, 6.07) is 8.30. The fraction of sp³-hybridized carbons (Fsp3) is 0.333. The molecule has 3 rings (SSSR count). The number of piperidine rings is 1. The molecule has 0 aliphatic carbocycles. The zero-order valence-corrected chi connectivity index (χ0v) is 16.2. The van der Waals surface area contributed by atoms with Gasteiger partial charge < -0.3 is 21.3 Å². The van der Waals surface area contributed by atoms with Gasteiger partial charge in [-0.3, -0.25) is 4.79 Å². The molecule has 1 heterocycles. The van der Waals surface area contributed by atoms with E-state index in [0.717, 1.165) is 12.1 Å². The van der Waals surface area contributed by atoms with E-state index in [1.54, 1.807) is 12.1 Å². The first-order valence-corrected chi connectivity index (χ1v) is 9.61. The number of rotatable bonds is 6. The molecule has 4 N–H and O–H groups in total. The maximum atomic E-state index is 13.8. The van der Waals surface area contributed by atoms with Crippen LogP contribution in [0.5, 0.6) is 0 Å². The number of hydrogen-bond acceptors (Lipinski definition) is 3. The van der Waals surface area contributed by atoms with E-state index in [-0.39, 0.29) is 24.5 Å². The second-order valence-electron chi connectivity index (χ2n) is 7.18. The van der Waals surface area contributed by atoms with Crippen molar-refractivity contribution in [2.75, 3.05) is 13.1 Å². The highest BCUT2D eigenvalue weighted by molar-refractivity contribution is 5.91. The summed E-state index contributed by atoms with van der Waals surface area (Å²) >= 11 is 0. The van der Waals surface area contributed by atoms with Gasteiger partial charge in [0.2, 0.25) is 5.91 Å². The van der Waals surface area contributed by atoms with Crippen molar-refractivity contribution in [2.45, 2.75) is 31.5 Å². The summed E-state index contributed by atoms with van der Waals surface area (Å²) in [4.78, 5) is 25.3. The summed E-state index contributed by atoms with van der Waals surface area (Å²) in [7, 11) is 0. The third kappa shape index (κ3) is 5.50. The Morgan fingerprint density at radius 2 is 1.57 bits per heavy atom. The van der Waals surface area contributed by atoms with E-state index in [1.165, 1.54) is 18.2 Å². The lowest BCUT2D eigenvalue weighted by molar-refractivity contribution is -0.128. The SMILES string of the molecule is O=C(NCc1ccc(F)cc1)NC1(C(=O)NCc2ccc(F)cc2F)CCNCC1. The van der Waals surface area contributed by atoms with Crippen molar-refractivity contribution < 1.29 is 22.8 Å². The summed E-state index contributed by atoms with van der Waals surface area (Å²) in [6.07, 6.45) is 0.712. The second kappa shape index (κ2) is 9.62. The first kappa shape index (κ1) is 21.6. The van der Waals surface area contributed by atoms with E-state index in [2.05, 4.69) is 21.3 Å². The zero-order valence-electron chi connectivity index (χ0n) is 16.2. The van der Waals surface area contributed by atoms with Crippen LogP contribution in [0.4, 0.5) is 18.0 Å². The van der Waals surface area contributed by atoms with Crippen LogP contribution in [0.25, 0.3) is 0 Å². The number of hydrogen-bond donors (Lipinski definition) is 4. The zero-order chi connectivity index (χ0) is 21.6. The highest BCUT2D eigenvalue weighted by Gasteiger charge is 2.40. The first-order valence-electron chi connectivity index (χ1n) is 9.61. The second-order valence-corrected chi connectivity index (χ2v) is 7.18. The van der Waals surface area contributed by atoms with E-state index >= 15 is 0 Å². The molecule has 3 amide bonds. The Morgan fingerprint density at radius 3 is 2.23 bits per heavy atom. The van der Waals surface area contributed by atoms with Crippen molar-refractivity contribution in [1.82, 2.24) is 21.3 Å². The van der Waals surface area contributed by atoms with Crippen molar-refractivity contribution in [1.29, 1.82) is 0 Å². The Morgan fingerprint density at radius 1 is 0.900 bits per heavy atom. The molecule has 0 saturated carbocycles. The van der Waals surface area contributed by atoms with Crippen LogP contribution in [0, 0.1) is 17.5 Å². The standard InChI is InChI=1S/C21H23F3N4O2/c22-16-4-1-14(2-5-16)12-27-20(30)28-21(7-9-25-10-8-21)19(29)26-13-15-3-6-17(23)11-18(15)24/h1-6,11,25H,7-10,12-13H2,(H,26,29)(H2,27,28,30). The highest BCUT2D eigenvalue weighted by atomic mass is 19.1. The maximum Gasteiger partial charge on any atom is 0.315 e. The molecule has 1 aliphatic rings. The van der Waals surface area contributed by atoms with Crippen LogP contribution in [0.2, 0.25) is 0 Å². The Hall–Kier alpha value is -3.07. The normalized spacial score (nSPS) is 15.3. The number of carbonyl (C=O) groups excluding carboxylic acids is 2. The summed E-state index contributed by atoms with van der Waals surface area (Å²) in [5, 5.41) is 11.2. The fourth-order valence-corrected chi connectivity index (χ4v) is 3.32. The molecule has 1 aliphatic heterocycles. The van der Waals surface area contributed by atoms with Gasteiger partial charge in [0, 0.05) is 24.7 Å². The molecule has 2 aromatic rings. The lowest BCUT2D eigenvalue weighted by atomic mass is 9.87. The number of carbonyl (C=O) groups is 2. The Labute approximate surface area is 172 Å². The van der Waals surface area contributed by atoms with Gasteiger partial charge in [-0.1, -0.05) is 18.2 Å². The molecule has 9 heteroatoms.